The van der Waals surface area contributed by atoms with E-state index < -0.39 is 12.1 Å². The summed E-state index contributed by atoms with van der Waals surface area (Å²) in [5, 5.41) is 25.1. The van der Waals surface area contributed by atoms with Crippen LogP contribution in [0, 0.1) is 28.6 Å². The molecule has 0 aliphatic carbocycles. The van der Waals surface area contributed by atoms with Crippen LogP contribution in [0.5, 0.6) is 0 Å². The van der Waals surface area contributed by atoms with Crippen molar-refractivity contribution in [3.63, 3.8) is 0 Å². The second-order valence-corrected chi connectivity index (χ2v) is 12.7. The highest BCUT2D eigenvalue weighted by atomic mass is 15.0. The van der Waals surface area contributed by atoms with E-state index in [1.54, 1.807) is 0 Å². The summed E-state index contributed by atoms with van der Waals surface area (Å²) in [6, 6.07) is 53.2. The maximum absolute atomic E-state index is 10.1. The average molecular weight is 643 g/mol. The number of fused-ring (bicyclic) bond motifs is 6. The Morgan fingerprint density at radius 1 is 0.440 bits per heavy atom. The van der Waals surface area contributed by atoms with Crippen molar-refractivity contribution in [2.45, 2.75) is 19.0 Å². The van der Waals surface area contributed by atoms with Gasteiger partial charge in [-0.25, -0.2) is 0 Å². The zero-order valence-electron chi connectivity index (χ0n) is 27.3. The van der Waals surface area contributed by atoms with Crippen molar-refractivity contribution in [1.82, 2.24) is 9.13 Å². The molecular weight excluding hydrogens is 613 g/mol. The van der Waals surface area contributed by atoms with E-state index in [2.05, 4.69) is 174 Å². The molecule has 0 saturated carbocycles. The van der Waals surface area contributed by atoms with Gasteiger partial charge in [-0.2, -0.15) is 10.5 Å². The summed E-state index contributed by atoms with van der Waals surface area (Å²) < 4.78 is 4.56. The lowest BCUT2D eigenvalue weighted by molar-refractivity contribution is 0.737. The molecule has 6 nitrogen and oxygen atoms in total. The van der Waals surface area contributed by atoms with Crippen LogP contribution in [0.3, 0.4) is 0 Å². The van der Waals surface area contributed by atoms with Crippen LogP contribution in [0.15, 0.2) is 156 Å². The van der Waals surface area contributed by atoms with Crippen LogP contribution in [-0.2, 0) is 0 Å². The zero-order chi connectivity index (χ0) is 33.8. The highest BCUT2D eigenvalue weighted by Crippen LogP contribution is 2.34. The smallest absolute Gasteiger partial charge is 0.172 e. The SMILES string of the molecule is CC1C(c2ccc(-n3c4ccccc4c4ccccc43)cc2)=NC(C#N)C(C#N)N=C1c1ccc(-n2c3ccccc3c3ccccc32)cc1. The third kappa shape index (κ3) is 4.54. The molecule has 0 bridgehead atoms. The molecule has 2 aromatic heterocycles. The molecule has 2 atom stereocenters. The molecule has 1 aliphatic rings. The first kappa shape index (κ1) is 29.4. The first-order valence-corrected chi connectivity index (χ1v) is 16.8. The van der Waals surface area contributed by atoms with Gasteiger partial charge in [-0.05, 0) is 59.7 Å². The molecule has 0 saturated heterocycles. The number of aliphatic imine (C=N–C) groups is 2. The number of benzene rings is 6. The number of hydrogen-bond acceptors (Lipinski definition) is 4. The van der Waals surface area contributed by atoms with Gasteiger partial charge in [0.05, 0.1) is 45.6 Å². The fourth-order valence-electron chi connectivity index (χ4n) is 7.61. The van der Waals surface area contributed by atoms with Crippen molar-refractivity contribution in [2.75, 3.05) is 0 Å². The van der Waals surface area contributed by atoms with E-state index in [0.717, 1.165) is 56.0 Å². The lowest BCUT2D eigenvalue weighted by Gasteiger charge is -2.18. The molecule has 236 valence electrons. The Morgan fingerprint density at radius 3 is 1.04 bits per heavy atom. The molecule has 8 aromatic rings. The second kappa shape index (κ2) is 11.7. The number of para-hydroxylation sites is 4. The molecule has 0 N–H and O–H groups in total. The van der Waals surface area contributed by atoms with Crippen LogP contribution in [0.2, 0.25) is 0 Å². The molecule has 0 amide bonds. The summed E-state index contributed by atoms with van der Waals surface area (Å²) >= 11 is 0. The Balaban J connectivity index is 1.11. The average Bonchev–Trinajstić information content (AvgIpc) is 3.64. The van der Waals surface area contributed by atoms with Crippen molar-refractivity contribution in [1.29, 1.82) is 10.5 Å². The molecule has 0 fully saturated rings. The normalized spacial score (nSPS) is 17.7. The lowest BCUT2D eigenvalue weighted by Crippen LogP contribution is -2.23. The molecule has 2 unspecified atom stereocenters. The summed E-state index contributed by atoms with van der Waals surface area (Å²) in [5.74, 6) is -0.262. The van der Waals surface area contributed by atoms with E-state index in [4.69, 9.17) is 9.98 Å². The van der Waals surface area contributed by atoms with Gasteiger partial charge in [0, 0.05) is 38.8 Å². The Hall–Kier alpha value is -6.76. The maximum Gasteiger partial charge on any atom is 0.172 e. The Kier molecular flexibility index (Phi) is 6.90. The monoisotopic (exact) mass is 642 g/mol. The van der Waals surface area contributed by atoms with Crippen molar-refractivity contribution in [3.8, 4) is 23.5 Å². The number of hydrogen-bond donors (Lipinski definition) is 0. The Labute approximate surface area is 289 Å². The van der Waals surface area contributed by atoms with Crippen LogP contribution < -0.4 is 0 Å². The molecule has 6 heteroatoms. The molecule has 6 aromatic carbocycles. The number of aromatic nitrogens is 2. The van der Waals surface area contributed by atoms with Gasteiger partial charge in [0.1, 0.15) is 0 Å². The lowest BCUT2D eigenvalue weighted by atomic mass is 9.89. The van der Waals surface area contributed by atoms with Crippen molar-refractivity contribution in [3.05, 3.63) is 157 Å². The van der Waals surface area contributed by atoms with Crippen LogP contribution in [0.25, 0.3) is 55.0 Å². The summed E-state index contributed by atoms with van der Waals surface area (Å²) in [6.45, 7) is 2.06. The molecule has 1 aliphatic heterocycles. The molecule has 0 radical (unpaired) electrons. The fraction of sp³-hybridized carbons (Fsp3) is 0.0909. The summed E-state index contributed by atoms with van der Waals surface area (Å²) in [6.07, 6.45) is 0. The van der Waals surface area contributed by atoms with E-state index in [9.17, 15) is 10.5 Å². The first-order valence-electron chi connectivity index (χ1n) is 16.8. The van der Waals surface area contributed by atoms with Crippen molar-refractivity contribution in [2.24, 2.45) is 15.9 Å². The Bertz CT molecular complexity index is 2450. The van der Waals surface area contributed by atoms with Crippen LogP contribution in [-0.4, -0.2) is 32.6 Å². The first-order chi connectivity index (χ1) is 24.6. The largest absolute Gasteiger partial charge is 0.309 e. The minimum Gasteiger partial charge on any atom is -0.309 e. The van der Waals surface area contributed by atoms with Crippen LogP contribution >= 0.6 is 0 Å². The molecule has 50 heavy (non-hydrogen) atoms. The van der Waals surface area contributed by atoms with E-state index >= 15 is 0 Å². The number of rotatable bonds is 4. The maximum atomic E-state index is 10.1. The van der Waals surface area contributed by atoms with Crippen molar-refractivity contribution < 1.29 is 0 Å². The van der Waals surface area contributed by atoms with Gasteiger partial charge in [0.25, 0.3) is 0 Å². The van der Waals surface area contributed by atoms with Gasteiger partial charge < -0.3 is 9.13 Å². The van der Waals surface area contributed by atoms with Gasteiger partial charge in [0.2, 0.25) is 0 Å². The predicted octanol–water partition coefficient (Wildman–Crippen LogP) is 9.59. The zero-order valence-corrected chi connectivity index (χ0v) is 27.3. The van der Waals surface area contributed by atoms with Gasteiger partial charge in [0.15, 0.2) is 12.1 Å². The highest BCUT2D eigenvalue weighted by molar-refractivity contribution is 6.21. The summed E-state index contributed by atoms with van der Waals surface area (Å²) in [7, 11) is 0. The van der Waals surface area contributed by atoms with E-state index in [-0.39, 0.29) is 5.92 Å². The second-order valence-electron chi connectivity index (χ2n) is 12.7. The van der Waals surface area contributed by atoms with E-state index in [1.807, 2.05) is 0 Å². The minimum absolute atomic E-state index is 0.262. The summed E-state index contributed by atoms with van der Waals surface area (Å²) in [5.41, 5.74) is 9.92. The highest BCUT2D eigenvalue weighted by Gasteiger charge is 2.31. The third-order valence-corrected chi connectivity index (χ3v) is 9.94. The predicted molar refractivity (Wildman–Crippen MR) is 203 cm³/mol. The fourth-order valence-corrected chi connectivity index (χ4v) is 7.61. The number of nitrogens with zero attached hydrogens (tertiary/aromatic N) is 6. The number of nitriles is 2. The topological polar surface area (TPSA) is 82.2 Å². The molecule has 9 rings (SSSR count). The van der Waals surface area contributed by atoms with Gasteiger partial charge in [-0.1, -0.05) is 104 Å². The molecular formula is C44H30N6. The van der Waals surface area contributed by atoms with E-state index in [0.29, 0.717) is 0 Å². The van der Waals surface area contributed by atoms with Gasteiger partial charge in [-0.15, -0.1) is 0 Å². The third-order valence-electron chi connectivity index (χ3n) is 9.94. The van der Waals surface area contributed by atoms with E-state index in [1.165, 1.54) is 21.5 Å². The van der Waals surface area contributed by atoms with Gasteiger partial charge in [-0.3, -0.25) is 9.98 Å². The minimum atomic E-state index is -0.913. The molecule has 3 heterocycles. The van der Waals surface area contributed by atoms with Crippen LogP contribution in [0.4, 0.5) is 0 Å². The van der Waals surface area contributed by atoms with Crippen molar-refractivity contribution >= 4 is 55.0 Å². The Morgan fingerprint density at radius 2 is 0.740 bits per heavy atom. The van der Waals surface area contributed by atoms with Crippen LogP contribution in [0.1, 0.15) is 18.1 Å². The standard InChI is InChI=1S/C44H30N6/c1-28-43(29-18-22-31(23-19-29)49-39-14-6-2-10-33(39)34-11-3-7-15-40(34)49)47-37(26-45)38(27-46)48-44(28)30-20-24-32(25-21-30)50-41-16-8-4-12-35(41)36-13-5-9-17-42(36)50/h2-25,28,37-38H,1H3. The molecule has 0 spiro atoms. The summed E-state index contributed by atoms with van der Waals surface area (Å²) in [4.78, 5) is 9.80. The quantitative estimate of drug-likeness (QED) is 0.192. The van der Waals surface area contributed by atoms with Gasteiger partial charge >= 0.3 is 0 Å².